The highest BCUT2D eigenvalue weighted by atomic mass is 16.1. The van der Waals surface area contributed by atoms with E-state index in [9.17, 15) is 4.79 Å². The Morgan fingerprint density at radius 1 is 1.45 bits per heavy atom. The highest BCUT2D eigenvalue weighted by Crippen LogP contribution is 2.30. The molecule has 1 aliphatic carbocycles. The van der Waals surface area contributed by atoms with E-state index >= 15 is 0 Å². The number of rotatable bonds is 2. The number of guanidine groups is 1. The molecule has 2 atom stereocenters. The molecule has 1 saturated carbocycles. The Bertz CT molecular complexity index is 196. The Morgan fingerprint density at radius 2 is 2.09 bits per heavy atom. The van der Waals surface area contributed by atoms with Gasteiger partial charge in [0.15, 0.2) is 5.96 Å². The van der Waals surface area contributed by atoms with Gasteiger partial charge in [0.05, 0.1) is 6.04 Å². The molecule has 1 aliphatic rings. The number of nitrogens with two attached hydrogens (primary N) is 2. The Balaban J connectivity index is 2.50. The van der Waals surface area contributed by atoms with Gasteiger partial charge in [-0.2, -0.15) is 0 Å². The molecular formula is C7H13N3O. The summed E-state index contributed by atoms with van der Waals surface area (Å²) in [6.07, 6.45) is 1.86. The molecule has 4 nitrogen and oxygen atoms in total. The van der Waals surface area contributed by atoms with E-state index in [-0.39, 0.29) is 23.7 Å². The standard InChI is InChI=1S/C7H13N3O/c1-4(11)5-2-3-6(5)10-7(8)9/h5-6H,2-3H2,1H3,(H4,8,9,10)/t5-,6-/m1/s1. The number of carbonyl (C=O) groups is 1. The summed E-state index contributed by atoms with van der Waals surface area (Å²) < 4.78 is 0. The van der Waals surface area contributed by atoms with Crippen LogP contribution in [0, 0.1) is 5.92 Å². The van der Waals surface area contributed by atoms with Crippen molar-refractivity contribution in [3.8, 4) is 0 Å². The third kappa shape index (κ3) is 1.69. The van der Waals surface area contributed by atoms with E-state index in [1.807, 2.05) is 0 Å². The number of hydrogen-bond acceptors (Lipinski definition) is 2. The highest BCUT2D eigenvalue weighted by molar-refractivity contribution is 5.81. The number of hydrogen-bond donors (Lipinski definition) is 2. The second-order valence-electron chi connectivity index (χ2n) is 2.92. The molecule has 0 aromatic carbocycles. The molecule has 0 aromatic heterocycles. The van der Waals surface area contributed by atoms with Crippen molar-refractivity contribution in [2.24, 2.45) is 22.4 Å². The van der Waals surface area contributed by atoms with Crippen molar-refractivity contribution in [3.05, 3.63) is 0 Å². The van der Waals surface area contributed by atoms with E-state index in [1.165, 1.54) is 0 Å². The van der Waals surface area contributed by atoms with E-state index in [2.05, 4.69) is 4.99 Å². The molecule has 1 fully saturated rings. The van der Waals surface area contributed by atoms with E-state index in [0.29, 0.717) is 0 Å². The monoisotopic (exact) mass is 155 g/mol. The predicted molar refractivity (Wildman–Crippen MR) is 43.0 cm³/mol. The van der Waals surface area contributed by atoms with Gasteiger partial charge in [0.25, 0.3) is 0 Å². The summed E-state index contributed by atoms with van der Waals surface area (Å²) in [4.78, 5) is 14.8. The molecule has 4 N–H and O–H groups in total. The molecule has 0 aliphatic heterocycles. The molecule has 1 rings (SSSR count). The molecule has 0 bridgehead atoms. The molecular weight excluding hydrogens is 142 g/mol. The van der Waals surface area contributed by atoms with Gasteiger partial charge in [-0.3, -0.25) is 4.79 Å². The van der Waals surface area contributed by atoms with Gasteiger partial charge in [0.1, 0.15) is 5.78 Å². The third-order valence-electron chi connectivity index (χ3n) is 2.07. The Morgan fingerprint density at radius 3 is 2.36 bits per heavy atom. The number of aliphatic imine (C=N–C) groups is 1. The van der Waals surface area contributed by atoms with Gasteiger partial charge in [-0.05, 0) is 19.8 Å². The summed E-state index contributed by atoms with van der Waals surface area (Å²) >= 11 is 0. The lowest BCUT2D eigenvalue weighted by atomic mass is 9.77. The second-order valence-corrected chi connectivity index (χ2v) is 2.92. The number of nitrogens with zero attached hydrogens (tertiary/aromatic N) is 1. The number of carbonyl (C=O) groups excluding carboxylic acids is 1. The first-order valence-corrected chi connectivity index (χ1v) is 3.70. The van der Waals surface area contributed by atoms with Gasteiger partial charge in [0, 0.05) is 5.92 Å². The van der Waals surface area contributed by atoms with Gasteiger partial charge < -0.3 is 11.5 Å². The van der Waals surface area contributed by atoms with Gasteiger partial charge in [-0.25, -0.2) is 4.99 Å². The van der Waals surface area contributed by atoms with Crippen LogP contribution in [-0.4, -0.2) is 17.8 Å². The number of Topliss-reactive ketones (excluding diaryl/α,β-unsaturated/α-hetero) is 1. The largest absolute Gasteiger partial charge is 0.370 e. The smallest absolute Gasteiger partial charge is 0.186 e. The first kappa shape index (κ1) is 8.04. The molecule has 0 aromatic rings. The van der Waals surface area contributed by atoms with Crippen molar-refractivity contribution in [3.63, 3.8) is 0 Å². The fourth-order valence-electron chi connectivity index (χ4n) is 1.30. The topological polar surface area (TPSA) is 81.5 Å². The van der Waals surface area contributed by atoms with Crippen molar-refractivity contribution < 1.29 is 4.79 Å². The summed E-state index contributed by atoms with van der Waals surface area (Å²) in [5.74, 6) is 0.337. The number of ketones is 1. The van der Waals surface area contributed by atoms with Crippen molar-refractivity contribution in [1.82, 2.24) is 0 Å². The molecule has 4 heteroatoms. The lowest BCUT2D eigenvalue weighted by molar-refractivity contribution is -0.123. The van der Waals surface area contributed by atoms with Crippen LogP contribution >= 0.6 is 0 Å². The highest BCUT2D eigenvalue weighted by Gasteiger charge is 2.33. The minimum Gasteiger partial charge on any atom is -0.370 e. The van der Waals surface area contributed by atoms with Crippen molar-refractivity contribution in [2.45, 2.75) is 25.8 Å². The van der Waals surface area contributed by atoms with Crippen LogP contribution in [0.3, 0.4) is 0 Å². The maximum atomic E-state index is 10.9. The normalized spacial score (nSPS) is 28.8. The van der Waals surface area contributed by atoms with Crippen molar-refractivity contribution in [2.75, 3.05) is 0 Å². The molecule has 11 heavy (non-hydrogen) atoms. The van der Waals surface area contributed by atoms with E-state index < -0.39 is 0 Å². The molecule has 0 unspecified atom stereocenters. The molecule has 0 amide bonds. The lowest BCUT2D eigenvalue weighted by Gasteiger charge is -2.31. The fourth-order valence-corrected chi connectivity index (χ4v) is 1.30. The van der Waals surface area contributed by atoms with Gasteiger partial charge in [-0.1, -0.05) is 0 Å². The SMILES string of the molecule is CC(=O)[C@H]1CC[C@H]1N=C(N)N. The van der Waals surface area contributed by atoms with Crippen LogP contribution in [0.25, 0.3) is 0 Å². The maximum Gasteiger partial charge on any atom is 0.186 e. The van der Waals surface area contributed by atoms with Crippen molar-refractivity contribution in [1.29, 1.82) is 0 Å². The fraction of sp³-hybridized carbons (Fsp3) is 0.714. The van der Waals surface area contributed by atoms with E-state index in [1.54, 1.807) is 6.92 Å². The van der Waals surface area contributed by atoms with Crippen LogP contribution in [-0.2, 0) is 4.79 Å². The quantitative estimate of drug-likeness (QED) is 0.421. The molecule has 62 valence electrons. The molecule has 0 saturated heterocycles. The third-order valence-corrected chi connectivity index (χ3v) is 2.07. The van der Waals surface area contributed by atoms with Crippen LogP contribution in [0.5, 0.6) is 0 Å². The molecule has 0 heterocycles. The van der Waals surface area contributed by atoms with E-state index in [0.717, 1.165) is 12.8 Å². The van der Waals surface area contributed by atoms with Crippen LogP contribution in [0.1, 0.15) is 19.8 Å². The Hall–Kier alpha value is -1.06. The summed E-state index contributed by atoms with van der Waals surface area (Å²) in [5.41, 5.74) is 10.4. The zero-order valence-electron chi connectivity index (χ0n) is 6.58. The minimum absolute atomic E-state index is 0.0532. The average Bonchev–Trinajstić information content (AvgIpc) is 1.78. The van der Waals surface area contributed by atoms with Crippen LogP contribution in [0.2, 0.25) is 0 Å². The first-order chi connectivity index (χ1) is 5.11. The van der Waals surface area contributed by atoms with Gasteiger partial charge in [-0.15, -0.1) is 0 Å². The second kappa shape index (κ2) is 2.90. The Kier molecular flexibility index (Phi) is 2.12. The maximum absolute atomic E-state index is 10.9. The van der Waals surface area contributed by atoms with Crippen LogP contribution in [0.4, 0.5) is 0 Å². The van der Waals surface area contributed by atoms with Crippen LogP contribution < -0.4 is 11.5 Å². The van der Waals surface area contributed by atoms with Gasteiger partial charge >= 0.3 is 0 Å². The first-order valence-electron chi connectivity index (χ1n) is 3.70. The Labute approximate surface area is 65.7 Å². The predicted octanol–water partition coefficient (Wildman–Crippen LogP) is -0.373. The van der Waals surface area contributed by atoms with Crippen LogP contribution in [0.15, 0.2) is 4.99 Å². The molecule has 0 radical (unpaired) electrons. The summed E-state index contributed by atoms with van der Waals surface area (Å²) in [6.45, 7) is 1.58. The average molecular weight is 155 g/mol. The zero-order chi connectivity index (χ0) is 8.43. The summed E-state index contributed by atoms with van der Waals surface area (Å²) in [5, 5.41) is 0. The minimum atomic E-state index is 0.0532. The van der Waals surface area contributed by atoms with Gasteiger partial charge in [0.2, 0.25) is 0 Å². The summed E-state index contributed by atoms with van der Waals surface area (Å²) in [6, 6.07) is 0.0532. The van der Waals surface area contributed by atoms with E-state index in [4.69, 9.17) is 11.5 Å². The van der Waals surface area contributed by atoms with Crippen molar-refractivity contribution >= 4 is 11.7 Å². The zero-order valence-corrected chi connectivity index (χ0v) is 6.58. The summed E-state index contributed by atoms with van der Waals surface area (Å²) in [7, 11) is 0. The molecule has 0 spiro atoms. The lowest BCUT2D eigenvalue weighted by Crippen LogP contribution is -2.38.